The second-order valence-corrected chi connectivity index (χ2v) is 9.83. The minimum absolute atomic E-state index is 0.0253. The summed E-state index contributed by atoms with van der Waals surface area (Å²) < 4.78 is 2.01. The summed E-state index contributed by atoms with van der Waals surface area (Å²) in [5.74, 6) is 1.95. The molecule has 0 unspecified atom stereocenters. The summed E-state index contributed by atoms with van der Waals surface area (Å²) in [5.41, 5.74) is 10.5. The van der Waals surface area contributed by atoms with Crippen molar-refractivity contribution in [1.82, 2.24) is 14.4 Å². The van der Waals surface area contributed by atoms with Crippen LogP contribution in [0.4, 0.5) is 5.82 Å². The number of rotatable bonds is 2. The van der Waals surface area contributed by atoms with E-state index in [2.05, 4.69) is 16.0 Å². The Labute approximate surface area is 201 Å². The first-order chi connectivity index (χ1) is 16.0. The lowest BCUT2D eigenvalue weighted by Gasteiger charge is -2.42. The Morgan fingerprint density at radius 3 is 2.64 bits per heavy atom. The third-order valence-corrected chi connectivity index (χ3v) is 8.20. The predicted octanol–water partition coefficient (Wildman–Crippen LogP) is 5.25. The predicted molar refractivity (Wildman–Crippen MR) is 131 cm³/mol. The first kappa shape index (κ1) is 20.8. The average Bonchev–Trinajstić information content (AvgIpc) is 3.36. The van der Waals surface area contributed by atoms with Crippen molar-refractivity contribution in [3.8, 4) is 17.1 Å². The Kier molecular flexibility index (Phi) is 4.80. The molecule has 168 valence electrons. The van der Waals surface area contributed by atoms with Gasteiger partial charge in [-0.25, -0.2) is 9.97 Å². The molecule has 6 nitrogen and oxygen atoms in total. The van der Waals surface area contributed by atoms with E-state index in [0.717, 1.165) is 60.6 Å². The molecule has 1 fully saturated rings. The number of aromatic hydroxyl groups is 1. The van der Waals surface area contributed by atoms with Crippen LogP contribution in [-0.2, 0) is 6.42 Å². The highest BCUT2D eigenvalue weighted by Gasteiger charge is 2.47. The van der Waals surface area contributed by atoms with Gasteiger partial charge in [0, 0.05) is 42.7 Å². The second kappa shape index (κ2) is 7.62. The van der Waals surface area contributed by atoms with Gasteiger partial charge >= 0.3 is 0 Å². The van der Waals surface area contributed by atoms with Gasteiger partial charge in [-0.1, -0.05) is 41.4 Å². The maximum absolute atomic E-state index is 10.4. The summed E-state index contributed by atoms with van der Waals surface area (Å²) >= 11 is 12.7. The molecule has 2 aromatic carbocycles. The monoisotopic (exact) mass is 479 g/mol. The van der Waals surface area contributed by atoms with Crippen LogP contribution in [0.3, 0.4) is 0 Å². The van der Waals surface area contributed by atoms with Crippen LogP contribution in [0.5, 0.6) is 5.75 Å². The number of halogens is 2. The van der Waals surface area contributed by atoms with E-state index in [1.165, 1.54) is 5.56 Å². The lowest BCUT2D eigenvalue weighted by molar-refractivity contribution is 0.186. The van der Waals surface area contributed by atoms with Gasteiger partial charge in [0.25, 0.3) is 0 Å². The number of hydrogen-bond acceptors (Lipinski definition) is 5. The van der Waals surface area contributed by atoms with Gasteiger partial charge in [0.15, 0.2) is 5.82 Å². The van der Waals surface area contributed by atoms with Gasteiger partial charge in [-0.05, 0) is 48.4 Å². The fourth-order valence-corrected chi connectivity index (χ4v) is 5.98. The van der Waals surface area contributed by atoms with Gasteiger partial charge in [0.05, 0.1) is 16.2 Å². The first-order valence-corrected chi connectivity index (χ1v) is 11.8. The van der Waals surface area contributed by atoms with Crippen LogP contribution in [0.25, 0.3) is 16.9 Å². The normalized spacial score (nSPS) is 19.4. The van der Waals surface area contributed by atoms with Crippen molar-refractivity contribution < 1.29 is 5.11 Å². The van der Waals surface area contributed by atoms with Crippen LogP contribution in [0, 0.1) is 5.41 Å². The van der Waals surface area contributed by atoms with Gasteiger partial charge in [-0.15, -0.1) is 0 Å². The van der Waals surface area contributed by atoms with E-state index in [4.69, 9.17) is 33.9 Å². The zero-order valence-corrected chi connectivity index (χ0v) is 19.4. The highest BCUT2D eigenvalue weighted by atomic mass is 35.5. The second-order valence-electron chi connectivity index (χ2n) is 9.04. The van der Waals surface area contributed by atoms with Crippen LogP contribution in [0.2, 0.25) is 10.0 Å². The molecule has 8 heteroatoms. The Morgan fingerprint density at radius 2 is 1.85 bits per heavy atom. The van der Waals surface area contributed by atoms with E-state index in [-0.39, 0.29) is 11.5 Å². The molecule has 0 radical (unpaired) electrons. The Bertz CT molecular complexity index is 1380. The Morgan fingerprint density at radius 1 is 1.06 bits per heavy atom. The standard InChI is InChI=1S/C25H23Cl2N5O/c26-17-5-2-4-16(21(17)27)23-30-14-18-24(29-9-12-32(18)23)31-10-7-25(8-11-31)13-15-3-1-6-19(33)20(15)22(25)28/h1-6,9,12,14,22,33H,7-8,10-11,13,28H2/t22-/m1/s1. The lowest BCUT2D eigenvalue weighted by Crippen LogP contribution is -2.44. The fraction of sp³-hybridized carbons (Fsp3) is 0.280. The van der Waals surface area contributed by atoms with E-state index in [1.54, 1.807) is 18.3 Å². The fourth-order valence-electron chi connectivity index (χ4n) is 5.59. The number of piperidine rings is 1. The van der Waals surface area contributed by atoms with Crippen molar-refractivity contribution in [3.63, 3.8) is 0 Å². The summed E-state index contributed by atoms with van der Waals surface area (Å²) in [6.45, 7) is 1.68. The van der Waals surface area contributed by atoms with Crippen molar-refractivity contribution in [1.29, 1.82) is 0 Å². The van der Waals surface area contributed by atoms with Crippen LogP contribution >= 0.6 is 23.2 Å². The van der Waals surface area contributed by atoms with Crippen molar-refractivity contribution in [2.75, 3.05) is 18.0 Å². The molecule has 2 aliphatic rings. The molecule has 1 spiro atoms. The van der Waals surface area contributed by atoms with Crippen LogP contribution in [-0.4, -0.2) is 32.6 Å². The first-order valence-electron chi connectivity index (χ1n) is 11.1. The summed E-state index contributed by atoms with van der Waals surface area (Å²) in [6.07, 6.45) is 8.32. The molecule has 33 heavy (non-hydrogen) atoms. The third-order valence-electron chi connectivity index (χ3n) is 7.38. The number of imidazole rings is 1. The van der Waals surface area contributed by atoms with Gasteiger partial charge in [-0.2, -0.15) is 0 Å². The largest absolute Gasteiger partial charge is 0.508 e. The van der Waals surface area contributed by atoms with Gasteiger partial charge in [0.2, 0.25) is 0 Å². The molecular weight excluding hydrogens is 457 g/mol. The summed E-state index contributed by atoms with van der Waals surface area (Å²) in [7, 11) is 0. The van der Waals surface area contributed by atoms with Crippen LogP contribution in [0.1, 0.15) is 30.0 Å². The van der Waals surface area contributed by atoms with Crippen molar-refractivity contribution >= 4 is 34.5 Å². The van der Waals surface area contributed by atoms with Crippen LogP contribution < -0.4 is 10.6 Å². The molecule has 1 saturated heterocycles. The number of benzene rings is 2. The molecule has 3 N–H and O–H groups in total. The van der Waals surface area contributed by atoms with E-state index >= 15 is 0 Å². The molecule has 6 rings (SSSR count). The molecule has 3 heterocycles. The molecule has 0 amide bonds. The molecule has 4 aromatic rings. The molecule has 1 aliphatic heterocycles. The molecule has 0 saturated carbocycles. The highest BCUT2D eigenvalue weighted by Crippen LogP contribution is 2.53. The minimum Gasteiger partial charge on any atom is -0.508 e. The number of aromatic nitrogens is 3. The number of hydrogen-bond donors (Lipinski definition) is 2. The number of nitrogens with zero attached hydrogens (tertiary/aromatic N) is 4. The van der Waals surface area contributed by atoms with Gasteiger partial charge < -0.3 is 15.7 Å². The summed E-state index contributed by atoms with van der Waals surface area (Å²) in [6, 6.07) is 11.1. The number of nitrogens with two attached hydrogens (primary N) is 1. The minimum atomic E-state index is -0.147. The number of fused-ring (bicyclic) bond motifs is 2. The summed E-state index contributed by atoms with van der Waals surface area (Å²) in [5, 5.41) is 11.4. The Balaban J connectivity index is 1.30. The van der Waals surface area contributed by atoms with Gasteiger partial charge in [-0.3, -0.25) is 4.40 Å². The quantitative estimate of drug-likeness (QED) is 0.410. The highest BCUT2D eigenvalue weighted by molar-refractivity contribution is 6.43. The van der Waals surface area contributed by atoms with Crippen molar-refractivity contribution in [2.45, 2.75) is 25.3 Å². The molecule has 1 aliphatic carbocycles. The Hall–Kier alpha value is -2.80. The van der Waals surface area contributed by atoms with Crippen LogP contribution in [0.15, 0.2) is 55.0 Å². The molecule has 2 aromatic heterocycles. The van der Waals surface area contributed by atoms with E-state index in [1.807, 2.05) is 35.0 Å². The maximum atomic E-state index is 10.4. The lowest BCUT2D eigenvalue weighted by atomic mass is 9.73. The third kappa shape index (κ3) is 3.12. The van der Waals surface area contributed by atoms with Crippen molar-refractivity contribution in [2.24, 2.45) is 11.1 Å². The SMILES string of the molecule is N[C@@H]1c2c(O)cccc2CC12CCN(c1nccn3c(-c4cccc(Cl)c4Cl)ncc13)CC2. The molecule has 1 atom stereocenters. The van der Waals surface area contributed by atoms with E-state index in [9.17, 15) is 5.11 Å². The topological polar surface area (TPSA) is 79.7 Å². The number of phenols is 1. The summed E-state index contributed by atoms with van der Waals surface area (Å²) in [4.78, 5) is 11.7. The van der Waals surface area contributed by atoms with E-state index in [0.29, 0.717) is 15.8 Å². The molecule has 0 bridgehead atoms. The number of phenolic OH excluding ortho intramolecular Hbond substituents is 1. The zero-order valence-electron chi connectivity index (χ0n) is 17.9. The zero-order chi connectivity index (χ0) is 22.7. The van der Waals surface area contributed by atoms with Crippen molar-refractivity contribution in [3.05, 3.63) is 76.2 Å². The smallest absolute Gasteiger partial charge is 0.154 e. The van der Waals surface area contributed by atoms with Gasteiger partial charge in [0.1, 0.15) is 17.1 Å². The molecular formula is C25H23Cl2N5O. The number of anilines is 1. The average molecular weight is 480 g/mol. The maximum Gasteiger partial charge on any atom is 0.154 e. The van der Waals surface area contributed by atoms with E-state index < -0.39 is 0 Å².